The lowest BCUT2D eigenvalue weighted by atomic mass is 10.7. The first-order chi connectivity index (χ1) is 4.31. The SMILES string of the molecule is CNCOC(C)OC=O. The van der Waals surface area contributed by atoms with Crippen LogP contribution in [0.15, 0.2) is 0 Å². The van der Waals surface area contributed by atoms with Gasteiger partial charge in [-0.2, -0.15) is 0 Å². The topological polar surface area (TPSA) is 47.6 Å². The minimum absolute atomic E-state index is 0.361. The summed E-state index contributed by atoms with van der Waals surface area (Å²) in [6.07, 6.45) is -0.463. The van der Waals surface area contributed by atoms with Gasteiger partial charge in [0, 0.05) is 0 Å². The van der Waals surface area contributed by atoms with E-state index in [-0.39, 0.29) is 0 Å². The van der Waals surface area contributed by atoms with E-state index < -0.39 is 6.29 Å². The van der Waals surface area contributed by atoms with Crippen LogP contribution in [0.3, 0.4) is 0 Å². The largest absolute Gasteiger partial charge is 0.438 e. The second-order valence-corrected chi connectivity index (χ2v) is 1.46. The molecule has 9 heavy (non-hydrogen) atoms. The summed E-state index contributed by atoms with van der Waals surface area (Å²) in [7, 11) is 1.74. The highest BCUT2D eigenvalue weighted by atomic mass is 16.7. The molecule has 4 heteroatoms. The van der Waals surface area contributed by atoms with Crippen LogP contribution in [-0.2, 0) is 14.3 Å². The first-order valence-electron chi connectivity index (χ1n) is 2.66. The number of ether oxygens (including phenoxy) is 2. The Balaban J connectivity index is 3.04. The molecule has 0 aromatic rings. The molecule has 0 fully saturated rings. The Hall–Kier alpha value is -0.610. The van der Waals surface area contributed by atoms with E-state index in [0.717, 1.165) is 0 Å². The van der Waals surface area contributed by atoms with Gasteiger partial charge in [0.25, 0.3) is 6.47 Å². The minimum atomic E-state index is -0.463. The number of rotatable bonds is 5. The van der Waals surface area contributed by atoms with Crippen LogP contribution in [-0.4, -0.2) is 26.5 Å². The molecule has 0 radical (unpaired) electrons. The first kappa shape index (κ1) is 8.39. The van der Waals surface area contributed by atoms with E-state index >= 15 is 0 Å². The van der Waals surface area contributed by atoms with Crippen molar-refractivity contribution in [3.8, 4) is 0 Å². The molecule has 0 bridgehead atoms. The van der Waals surface area contributed by atoms with Gasteiger partial charge >= 0.3 is 0 Å². The van der Waals surface area contributed by atoms with Crippen molar-refractivity contribution < 1.29 is 14.3 Å². The fraction of sp³-hybridized carbons (Fsp3) is 0.800. The molecule has 0 saturated heterocycles. The average molecular weight is 133 g/mol. The van der Waals surface area contributed by atoms with E-state index in [1.807, 2.05) is 0 Å². The first-order valence-corrected chi connectivity index (χ1v) is 2.66. The molecule has 0 aliphatic rings. The summed E-state index contributed by atoms with van der Waals surface area (Å²) in [4.78, 5) is 9.66. The van der Waals surface area contributed by atoms with Crippen LogP contribution in [0.1, 0.15) is 6.92 Å². The molecule has 1 unspecified atom stereocenters. The molecule has 0 aliphatic heterocycles. The van der Waals surface area contributed by atoms with E-state index in [0.29, 0.717) is 13.2 Å². The number of hydrogen-bond donors (Lipinski definition) is 1. The third kappa shape index (κ3) is 5.26. The molecule has 1 atom stereocenters. The highest BCUT2D eigenvalue weighted by molar-refractivity contribution is 5.37. The average Bonchev–Trinajstić information content (AvgIpc) is 1.85. The van der Waals surface area contributed by atoms with Gasteiger partial charge in [-0.15, -0.1) is 0 Å². The number of carbonyl (C=O) groups excluding carboxylic acids is 1. The van der Waals surface area contributed by atoms with E-state index in [9.17, 15) is 4.79 Å². The van der Waals surface area contributed by atoms with Crippen molar-refractivity contribution in [1.29, 1.82) is 0 Å². The normalized spacial score (nSPS) is 12.7. The quantitative estimate of drug-likeness (QED) is 0.413. The van der Waals surface area contributed by atoms with Gasteiger partial charge in [0.1, 0.15) is 6.73 Å². The maximum atomic E-state index is 9.66. The molecule has 1 N–H and O–H groups in total. The van der Waals surface area contributed by atoms with Crippen molar-refractivity contribution in [1.82, 2.24) is 5.32 Å². The smallest absolute Gasteiger partial charge is 0.295 e. The summed E-state index contributed by atoms with van der Waals surface area (Å²) < 4.78 is 9.27. The van der Waals surface area contributed by atoms with Crippen LogP contribution in [0.2, 0.25) is 0 Å². The lowest BCUT2D eigenvalue weighted by Crippen LogP contribution is -2.19. The fourth-order valence-corrected chi connectivity index (χ4v) is 0.318. The van der Waals surface area contributed by atoms with E-state index in [1.54, 1.807) is 14.0 Å². The third-order valence-electron chi connectivity index (χ3n) is 0.710. The molecule has 0 saturated carbocycles. The highest BCUT2D eigenvalue weighted by Crippen LogP contribution is 1.86. The zero-order valence-corrected chi connectivity index (χ0v) is 5.59. The summed E-state index contributed by atoms with van der Waals surface area (Å²) in [6.45, 7) is 2.39. The zero-order valence-electron chi connectivity index (χ0n) is 5.59. The van der Waals surface area contributed by atoms with E-state index in [2.05, 4.69) is 10.1 Å². The summed E-state index contributed by atoms with van der Waals surface area (Å²) in [5.74, 6) is 0. The van der Waals surface area contributed by atoms with Gasteiger partial charge in [-0.05, 0) is 14.0 Å². The van der Waals surface area contributed by atoms with Gasteiger partial charge in [-0.1, -0.05) is 0 Å². The van der Waals surface area contributed by atoms with E-state index in [4.69, 9.17) is 4.74 Å². The Labute approximate surface area is 54.1 Å². The molecule has 54 valence electrons. The van der Waals surface area contributed by atoms with Crippen molar-refractivity contribution >= 4 is 6.47 Å². The number of nitrogens with one attached hydrogen (secondary N) is 1. The monoisotopic (exact) mass is 133 g/mol. The molecule has 0 spiro atoms. The molecule has 0 heterocycles. The molecule has 0 amide bonds. The lowest BCUT2D eigenvalue weighted by molar-refractivity contribution is -0.160. The zero-order chi connectivity index (χ0) is 7.11. The van der Waals surface area contributed by atoms with E-state index in [1.165, 1.54) is 0 Å². The Kier molecular flexibility index (Phi) is 5.15. The Bertz CT molecular complexity index is 76.6. The number of hydrogen-bond acceptors (Lipinski definition) is 4. The van der Waals surface area contributed by atoms with Crippen LogP contribution in [0.5, 0.6) is 0 Å². The Morgan fingerprint density at radius 1 is 1.78 bits per heavy atom. The van der Waals surface area contributed by atoms with Gasteiger partial charge in [-0.25, -0.2) is 0 Å². The predicted molar refractivity (Wildman–Crippen MR) is 31.6 cm³/mol. The van der Waals surface area contributed by atoms with Gasteiger partial charge < -0.3 is 9.47 Å². The molecule has 0 aromatic carbocycles. The standard InChI is InChI=1S/C5H11NO3/c1-5(9-4-7)8-3-6-2/h4-6H,3H2,1-2H3. The van der Waals surface area contributed by atoms with Crippen molar-refractivity contribution in [2.24, 2.45) is 0 Å². The maximum Gasteiger partial charge on any atom is 0.295 e. The van der Waals surface area contributed by atoms with Crippen molar-refractivity contribution in [3.63, 3.8) is 0 Å². The van der Waals surface area contributed by atoms with Gasteiger partial charge in [0.15, 0.2) is 0 Å². The second kappa shape index (κ2) is 5.53. The second-order valence-electron chi connectivity index (χ2n) is 1.46. The van der Waals surface area contributed by atoms with Gasteiger partial charge in [0.2, 0.25) is 6.29 Å². The molecule has 0 rings (SSSR count). The molecular weight excluding hydrogens is 122 g/mol. The summed E-state index contributed by atoms with van der Waals surface area (Å²) in [6, 6.07) is 0. The highest BCUT2D eigenvalue weighted by Gasteiger charge is 1.96. The molecular formula is C5H11NO3. The summed E-state index contributed by atoms with van der Waals surface area (Å²) in [5.41, 5.74) is 0. The minimum Gasteiger partial charge on any atom is -0.438 e. The van der Waals surface area contributed by atoms with Crippen molar-refractivity contribution in [2.75, 3.05) is 13.8 Å². The van der Waals surface area contributed by atoms with Crippen LogP contribution < -0.4 is 5.32 Å². The Morgan fingerprint density at radius 2 is 2.44 bits per heavy atom. The third-order valence-corrected chi connectivity index (χ3v) is 0.710. The van der Waals surface area contributed by atoms with Crippen LogP contribution in [0, 0.1) is 0 Å². The van der Waals surface area contributed by atoms with Gasteiger partial charge in [0.05, 0.1) is 0 Å². The van der Waals surface area contributed by atoms with Crippen molar-refractivity contribution in [3.05, 3.63) is 0 Å². The lowest BCUT2D eigenvalue weighted by Gasteiger charge is -2.08. The summed E-state index contributed by atoms with van der Waals surface area (Å²) in [5, 5.41) is 2.74. The van der Waals surface area contributed by atoms with Gasteiger partial charge in [-0.3, -0.25) is 10.1 Å². The summed E-state index contributed by atoms with van der Waals surface area (Å²) >= 11 is 0. The Morgan fingerprint density at radius 3 is 2.89 bits per heavy atom. The van der Waals surface area contributed by atoms with Crippen LogP contribution in [0.25, 0.3) is 0 Å². The molecule has 4 nitrogen and oxygen atoms in total. The predicted octanol–water partition coefficient (Wildman–Crippen LogP) is -0.301. The fourth-order valence-electron chi connectivity index (χ4n) is 0.318. The maximum absolute atomic E-state index is 9.66. The number of carbonyl (C=O) groups is 1. The molecule has 0 aromatic heterocycles. The van der Waals surface area contributed by atoms with Crippen molar-refractivity contribution in [2.45, 2.75) is 13.2 Å². The molecule has 0 aliphatic carbocycles. The van der Waals surface area contributed by atoms with Crippen LogP contribution in [0.4, 0.5) is 0 Å². The van der Waals surface area contributed by atoms with Crippen LogP contribution >= 0.6 is 0 Å².